The van der Waals surface area contributed by atoms with Crippen molar-refractivity contribution in [3.63, 3.8) is 0 Å². The average molecular weight is 437 g/mol. The van der Waals surface area contributed by atoms with Gasteiger partial charge >= 0.3 is 5.97 Å². The topological polar surface area (TPSA) is 84.9 Å². The number of esters is 1. The quantitative estimate of drug-likeness (QED) is 0.409. The van der Waals surface area contributed by atoms with Crippen molar-refractivity contribution in [1.29, 1.82) is 0 Å². The van der Waals surface area contributed by atoms with Gasteiger partial charge in [-0.15, -0.1) is 0 Å². The molecule has 0 aliphatic carbocycles. The molecule has 0 spiro atoms. The van der Waals surface area contributed by atoms with E-state index in [4.69, 9.17) is 9.47 Å². The molecule has 3 rings (SSSR count). The van der Waals surface area contributed by atoms with Crippen LogP contribution in [0.4, 0.5) is 0 Å². The summed E-state index contributed by atoms with van der Waals surface area (Å²) in [6.45, 7) is 3.16. The zero-order valence-electron chi connectivity index (χ0n) is 18.4. The van der Waals surface area contributed by atoms with Gasteiger partial charge in [0.05, 0.1) is 7.11 Å². The molecule has 0 saturated carbocycles. The molecule has 0 unspecified atom stereocenters. The number of carbonyl (C=O) groups excluding carboxylic acids is 3. The molecule has 1 heterocycles. The minimum atomic E-state index is -0.429. The smallest absolute Gasteiger partial charge is 0.308 e. The second-order valence-electron chi connectivity index (χ2n) is 7.68. The van der Waals surface area contributed by atoms with Crippen LogP contribution in [-0.4, -0.2) is 49.4 Å². The monoisotopic (exact) mass is 436 g/mol. The number of benzene rings is 2. The van der Waals surface area contributed by atoms with E-state index in [-0.39, 0.29) is 11.8 Å². The Morgan fingerprint density at radius 3 is 2.56 bits per heavy atom. The number of carbonyl (C=O) groups is 3. The first-order chi connectivity index (χ1) is 15.5. The van der Waals surface area contributed by atoms with Crippen molar-refractivity contribution >= 4 is 23.9 Å². The van der Waals surface area contributed by atoms with Crippen molar-refractivity contribution in [1.82, 2.24) is 10.2 Å². The SMILES string of the molecule is COc1ccccc1/C=C/C(=O)N1CCC(CNC(=O)c2cccc(OC(C)=O)c2)CC1. The molecule has 32 heavy (non-hydrogen) atoms. The van der Waals surface area contributed by atoms with Crippen LogP contribution < -0.4 is 14.8 Å². The van der Waals surface area contributed by atoms with E-state index >= 15 is 0 Å². The number of ether oxygens (including phenoxy) is 2. The maximum atomic E-state index is 12.5. The highest BCUT2D eigenvalue weighted by Gasteiger charge is 2.22. The van der Waals surface area contributed by atoms with Crippen LogP contribution in [0.1, 0.15) is 35.7 Å². The third kappa shape index (κ3) is 6.44. The molecule has 2 aromatic rings. The number of nitrogens with one attached hydrogen (secondary N) is 1. The first-order valence-electron chi connectivity index (χ1n) is 10.6. The van der Waals surface area contributed by atoms with Gasteiger partial charge in [-0.05, 0) is 49.1 Å². The second kappa shape index (κ2) is 11.1. The summed E-state index contributed by atoms with van der Waals surface area (Å²) in [6.07, 6.45) is 5.00. The van der Waals surface area contributed by atoms with Crippen molar-refractivity contribution in [2.24, 2.45) is 5.92 Å². The van der Waals surface area contributed by atoms with E-state index in [1.165, 1.54) is 6.92 Å². The first-order valence-corrected chi connectivity index (χ1v) is 10.6. The van der Waals surface area contributed by atoms with Gasteiger partial charge in [0.2, 0.25) is 5.91 Å². The molecule has 7 heteroatoms. The van der Waals surface area contributed by atoms with E-state index in [1.54, 1.807) is 43.5 Å². The Morgan fingerprint density at radius 2 is 1.84 bits per heavy atom. The summed E-state index contributed by atoms with van der Waals surface area (Å²) in [5.74, 6) is 0.708. The van der Waals surface area contributed by atoms with E-state index in [9.17, 15) is 14.4 Å². The maximum Gasteiger partial charge on any atom is 0.308 e. The standard InChI is InChI=1S/C25H28N2O5/c1-18(28)32-22-8-5-7-21(16-22)25(30)26-17-19-12-14-27(15-13-19)24(29)11-10-20-6-3-4-9-23(20)31-2/h3-11,16,19H,12-15,17H2,1-2H3,(H,26,30)/b11-10+. The molecule has 0 atom stereocenters. The Hall–Kier alpha value is -3.61. The minimum Gasteiger partial charge on any atom is -0.496 e. The van der Waals surface area contributed by atoms with Gasteiger partial charge < -0.3 is 19.7 Å². The molecule has 168 valence electrons. The Balaban J connectivity index is 1.45. The van der Waals surface area contributed by atoms with Crippen LogP contribution in [0.2, 0.25) is 0 Å². The normalized spacial score (nSPS) is 14.2. The lowest BCUT2D eigenvalue weighted by molar-refractivity contribution is -0.132. The summed E-state index contributed by atoms with van der Waals surface area (Å²) in [4.78, 5) is 37.9. The van der Waals surface area contributed by atoms with Gasteiger partial charge in [0, 0.05) is 43.8 Å². The number of rotatable bonds is 7. The summed E-state index contributed by atoms with van der Waals surface area (Å²) in [6, 6.07) is 14.1. The third-order valence-corrected chi connectivity index (χ3v) is 5.38. The predicted molar refractivity (Wildman–Crippen MR) is 121 cm³/mol. The van der Waals surface area contributed by atoms with Gasteiger partial charge in [0.15, 0.2) is 0 Å². The third-order valence-electron chi connectivity index (χ3n) is 5.38. The van der Waals surface area contributed by atoms with Gasteiger partial charge in [-0.1, -0.05) is 24.3 Å². The fourth-order valence-corrected chi connectivity index (χ4v) is 3.63. The maximum absolute atomic E-state index is 12.5. The number of hydrogen-bond acceptors (Lipinski definition) is 5. The number of para-hydroxylation sites is 1. The first kappa shape index (κ1) is 23.1. The van der Waals surface area contributed by atoms with Crippen LogP contribution >= 0.6 is 0 Å². The number of nitrogens with zero attached hydrogens (tertiary/aromatic N) is 1. The number of likely N-dealkylation sites (tertiary alicyclic amines) is 1. The van der Waals surface area contributed by atoms with E-state index in [1.807, 2.05) is 29.2 Å². The lowest BCUT2D eigenvalue weighted by atomic mass is 9.96. The van der Waals surface area contributed by atoms with Crippen molar-refractivity contribution in [3.05, 3.63) is 65.7 Å². The van der Waals surface area contributed by atoms with Gasteiger partial charge in [0.1, 0.15) is 11.5 Å². The second-order valence-corrected chi connectivity index (χ2v) is 7.68. The lowest BCUT2D eigenvalue weighted by Crippen LogP contribution is -2.41. The van der Waals surface area contributed by atoms with Crippen LogP contribution in [0.3, 0.4) is 0 Å². The zero-order valence-corrected chi connectivity index (χ0v) is 18.4. The number of methoxy groups -OCH3 is 1. The molecule has 1 N–H and O–H groups in total. The Kier molecular flexibility index (Phi) is 8.02. The number of amides is 2. The molecule has 1 aliphatic rings. The Morgan fingerprint density at radius 1 is 1.09 bits per heavy atom. The number of hydrogen-bond donors (Lipinski definition) is 1. The van der Waals surface area contributed by atoms with Crippen molar-refractivity contribution < 1.29 is 23.9 Å². The lowest BCUT2D eigenvalue weighted by Gasteiger charge is -2.31. The zero-order chi connectivity index (χ0) is 22.9. The Labute approximate surface area is 188 Å². The molecule has 7 nitrogen and oxygen atoms in total. The van der Waals surface area contributed by atoms with Crippen LogP contribution in [0.25, 0.3) is 6.08 Å². The number of piperidine rings is 1. The van der Waals surface area contributed by atoms with Crippen molar-refractivity contribution in [2.45, 2.75) is 19.8 Å². The van der Waals surface area contributed by atoms with Crippen LogP contribution in [0.15, 0.2) is 54.6 Å². The molecular weight excluding hydrogens is 408 g/mol. The van der Waals surface area contributed by atoms with E-state index in [2.05, 4.69) is 5.32 Å². The molecule has 1 saturated heterocycles. The van der Waals surface area contributed by atoms with Gasteiger partial charge in [0.25, 0.3) is 5.91 Å². The van der Waals surface area contributed by atoms with Crippen LogP contribution in [0.5, 0.6) is 11.5 Å². The fraction of sp³-hybridized carbons (Fsp3) is 0.320. The van der Waals surface area contributed by atoms with Crippen LogP contribution in [0, 0.1) is 5.92 Å². The highest BCUT2D eigenvalue weighted by Crippen LogP contribution is 2.20. The van der Waals surface area contributed by atoms with E-state index in [0.717, 1.165) is 24.2 Å². The summed E-state index contributed by atoms with van der Waals surface area (Å²) in [7, 11) is 1.61. The largest absolute Gasteiger partial charge is 0.496 e. The molecule has 0 bridgehead atoms. The summed E-state index contributed by atoms with van der Waals surface area (Å²) in [5.41, 5.74) is 1.30. The molecular formula is C25H28N2O5. The highest BCUT2D eigenvalue weighted by atomic mass is 16.5. The van der Waals surface area contributed by atoms with Gasteiger partial charge in [-0.2, -0.15) is 0 Å². The minimum absolute atomic E-state index is 0.0272. The molecule has 2 amide bonds. The van der Waals surface area contributed by atoms with E-state index < -0.39 is 5.97 Å². The van der Waals surface area contributed by atoms with Crippen molar-refractivity contribution in [2.75, 3.05) is 26.7 Å². The fourth-order valence-electron chi connectivity index (χ4n) is 3.63. The summed E-state index contributed by atoms with van der Waals surface area (Å²) >= 11 is 0. The van der Waals surface area contributed by atoms with Crippen LogP contribution in [-0.2, 0) is 9.59 Å². The molecule has 1 aliphatic heterocycles. The predicted octanol–water partition coefficient (Wildman–Crippen LogP) is 3.30. The summed E-state index contributed by atoms with van der Waals surface area (Å²) in [5, 5.41) is 2.94. The summed E-state index contributed by atoms with van der Waals surface area (Å²) < 4.78 is 10.3. The molecule has 1 fully saturated rings. The van der Waals surface area contributed by atoms with Crippen molar-refractivity contribution in [3.8, 4) is 11.5 Å². The Bertz CT molecular complexity index is 993. The van der Waals surface area contributed by atoms with Gasteiger partial charge in [-0.25, -0.2) is 0 Å². The molecule has 0 radical (unpaired) electrons. The highest BCUT2D eigenvalue weighted by molar-refractivity contribution is 5.94. The van der Waals surface area contributed by atoms with Gasteiger partial charge in [-0.3, -0.25) is 14.4 Å². The van der Waals surface area contributed by atoms with E-state index in [0.29, 0.717) is 36.9 Å². The molecule has 0 aromatic heterocycles. The molecule has 2 aromatic carbocycles. The average Bonchev–Trinajstić information content (AvgIpc) is 2.81.